The Labute approximate surface area is 171 Å². The van der Waals surface area contributed by atoms with E-state index >= 15 is 0 Å². The number of rotatable bonds is 6. The fourth-order valence-electron chi connectivity index (χ4n) is 3.40. The van der Waals surface area contributed by atoms with Crippen molar-refractivity contribution in [2.45, 2.75) is 56.5 Å². The molecule has 28 heavy (non-hydrogen) atoms. The molecule has 0 aliphatic heterocycles. The van der Waals surface area contributed by atoms with Crippen LogP contribution in [0.3, 0.4) is 0 Å². The minimum atomic E-state index is -0.894. The van der Waals surface area contributed by atoms with Gasteiger partial charge in [-0.3, -0.25) is 19.5 Å². The molecule has 3 rings (SSSR count). The summed E-state index contributed by atoms with van der Waals surface area (Å²) >= 11 is 2.75. The minimum Gasteiger partial charge on any atom is -0.351 e. The lowest BCUT2D eigenvalue weighted by atomic mass is 9.97. The maximum Gasteiger partial charge on any atom is 0.318 e. The summed E-state index contributed by atoms with van der Waals surface area (Å²) in [6.45, 7) is 7.79. The molecule has 0 unspecified atom stereocenters. The second-order valence-corrected chi connectivity index (χ2v) is 9.32. The van der Waals surface area contributed by atoms with Gasteiger partial charge < -0.3 is 5.73 Å². The van der Waals surface area contributed by atoms with Gasteiger partial charge in [0, 0.05) is 11.4 Å². The summed E-state index contributed by atoms with van der Waals surface area (Å²) in [5.41, 5.74) is 6.13. The molecule has 0 aromatic carbocycles. The Morgan fingerprint density at radius 1 is 1.39 bits per heavy atom. The van der Waals surface area contributed by atoms with Crippen molar-refractivity contribution in [1.29, 1.82) is 0 Å². The molecule has 1 aliphatic carbocycles. The Bertz CT molecular complexity index is 993. The summed E-state index contributed by atoms with van der Waals surface area (Å²) in [4.78, 5) is 43.5. The maximum atomic E-state index is 13.3. The normalized spacial score (nSPS) is 14.7. The molecule has 9 heteroatoms. The van der Waals surface area contributed by atoms with Gasteiger partial charge in [0.25, 0.3) is 5.56 Å². The number of nitrogens with two attached hydrogens (primary N) is 1. The van der Waals surface area contributed by atoms with Crippen LogP contribution in [0.4, 0.5) is 4.79 Å². The van der Waals surface area contributed by atoms with Crippen LogP contribution in [-0.2, 0) is 24.2 Å². The van der Waals surface area contributed by atoms with Crippen LogP contribution in [0.25, 0.3) is 10.2 Å². The lowest BCUT2D eigenvalue weighted by molar-refractivity contribution is -0.120. The number of hydrogen-bond donors (Lipinski definition) is 2. The van der Waals surface area contributed by atoms with Crippen molar-refractivity contribution in [3.05, 3.63) is 33.4 Å². The van der Waals surface area contributed by atoms with Gasteiger partial charge in [-0.25, -0.2) is 9.78 Å². The number of amides is 3. The van der Waals surface area contributed by atoms with E-state index in [-0.39, 0.29) is 11.5 Å². The predicted molar refractivity (Wildman–Crippen MR) is 113 cm³/mol. The number of primary amides is 1. The summed E-state index contributed by atoms with van der Waals surface area (Å²) < 4.78 is 1.56. The number of aryl methyl sites for hydroxylation is 2. The summed E-state index contributed by atoms with van der Waals surface area (Å²) in [5.74, 6) is -0.580. The molecule has 0 fully saturated rings. The lowest BCUT2D eigenvalue weighted by Gasteiger charge is -2.20. The molecule has 7 nitrogen and oxygen atoms in total. The molecule has 0 saturated heterocycles. The first-order chi connectivity index (χ1) is 13.3. The number of carbonyl (C=O) groups is 2. The number of thiophene rings is 1. The Morgan fingerprint density at radius 3 is 2.75 bits per heavy atom. The molecular formula is C19H24N4O3S2. The number of thioether (sulfide) groups is 1. The largest absolute Gasteiger partial charge is 0.351 e. The van der Waals surface area contributed by atoms with Gasteiger partial charge in [0.15, 0.2) is 5.16 Å². The number of carbonyl (C=O) groups excluding carboxylic acids is 2. The topological polar surface area (TPSA) is 107 Å². The standard InChI is InChI=1S/C19H24N4O3S2/c1-4-9-23-17(25)13-11-7-5-6-8-12(11)27-16(13)22-19(23)28-14(10(2)3)15(24)21-18(20)26/h4,10,14H,1,5-9H2,2-3H3,(H3,20,21,24,26)/t14-/m1/s1. The number of imide groups is 1. The third-order valence-electron chi connectivity index (χ3n) is 4.69. The first-order valence-corrected chi connectivity index (χ1v) is 11.0. The van der Waals surface area contributed by atoms with Gasteiger partial charge in [0.1, 0.15) is 4.83 Å². The molecular weight excluding hydrogens is 396 g/mol. The van der Waals surface area contributed by atoms with Gasteiger partial charge in [0.2, 0.25) is 5.91 Å². The molecule has 0 bridgehead atoms. The van der Waals surface area contributed by atoms with Crippen molar-refractivity contribution >= 4 is 45.3 Å². The number of hydrogen-bond acceptors (Lipinski definition) is 6. The van der Waals surface area contributed by atoms with Crippen molar-refractivity contribution in [3.8, 4) is 0 Å². The minimum absolute atomic E-state index is 0.0920. The molecule has 150 valence electrons. The van der Waals surface area contributed by atoms with Gasteiger partial charge in [-0.05, 0) is 37.2 Å². The van der Waals surface area contributed by atoms with Crippen molar-refractivity contribution in [3.63, 3.8) is 0 Å². The van der Waals surface area contributed by atoms with Crippen LogP contribution in [0.1, 0.15) is 37.1 Å². The Hall–Kier alpha value is -2.13. The molecule has 0 spiro atoms. The summed E-state index contributed by atoms with van der Waals surface area (Å²) in [5, 5.41) is 2.68. The second kappa shape index (κ2) is 8.48. The van der Waals surface area contributed by atoms with Crippen molar-refractivity contribution in [1.82, 2.24) is 14.9 Å². The number of aromatic nitrogens is 2. The Balaban J connectivity index is 2.09. The van der Waals surface area contributed by atoms with Crippen molar-refractivity contribution in [2.24, 2.45) is 11.7 Å². The van der Waals surface area contributed by atoms with Gasteiger partial charge in [0.05, 0.1) is 10.6 Å². The Kier molecular flexibility index (Phi) is 6.24. The monoisotopic (exact) mass is 420 g/mol. The molecule has 2 heterocycles. The second-order valence-electron chi connectivity index (χ2n) is 7.13. The van der Waals surface area contributed by atoms with E-state index in [1.54, 1.807) is 22.0 Å². The zero-order valence-electron chi connectivity index (χ0n) is 16.0. The molecule has 2 aromatic rings. The van der Waals surface area contributed by atoms with E-state index in [4.69, 9.17) is 10.7 Å². The number of fused-ring (bicyclic) bond motifs is 3. The number of nitrogens with zero attached hydrogens (tertiary/aromatic N) is 2. The first kappa shape index (κ1) is 20.6. The SMILES string of the molecule is C=CCn1c(S[C@@H](C(=O)NC(N)=O)C(C)C)nc2sc3c(c2c1=O)CCCC3. The fraction of sp³-hybridized carbons (Fsp3) is 0.474. The Morgan fingerprint density at radius 2 is 2.11 bits per heavy atom. The van der Waals surface area contributed by atoms with E-state index in [0.717, 1.165) is 36.1 Å². The van der Waals surface area contributed by atoms with Crippen LogP contribution in [0, 0.1) is 5.92 Å². The molecule has 0 radical (unpaired) electrons. The zero-order valence-corrected chi connectivity index (χ0v) is 17.6. The highest BCUT2D eigenvalue weighted by Gasteiger charge is 2.28. The highest BCUT2D eigenvalue weighted by atomic mass is 32.2. The average molecular weight is 421 g/mol. The number of urea groups is 1. The number of allylic oxidation sites excluding steroid dienone is 1. The average Bonchev–Trinajstić information content (AvgIpc) is 3.00. The van der Waals surface area contributed by atoms with Crippen LogP contribution in [0.2, 0.25) is 0 Å². The zero-order chi connectivity index (χ0) is 20.4. The van der Waals surface area contributed by atoms with E-state index in [2.05, 4.69) is 11.9 Å². The van der Waals surface area contributed by atoms with Gasteiger partial charge in [-0.2, -0.15) is 0 Å². The summed E-state index contributed by atoms with van der Waals surface area (Å²) in [7, 11) is 0. The van der Waals surface area contributed by atoms with E-state index in [1.165, 1.54) is 16.6 Å². The van der Waals surface area contributed by atoms with Gasteiger partial charge >= 0.3 is 6.03 Å². The highest BCUT2D eigenvalue weighted by molar-refractivity contribution is 8.00. The fourth-order valence-corrected chi connectivity index (χ4v) is 5.80. The van der Waals surface area contributed by atoms with Crippen LogP contribution < -0.4 is 16.6 Å². The molecule has 1 atom stereocenters. The van der Waals surface area contributed by atoms with Gasteiger partial charge in [-0.1, -0.05) is 31.7 Å². The van der Waals surface area contributed by atoms with E-state index in [9.17, 15) is 14.4 Å². The predicted octanol–water partition coefficient (Wildman–Crippen LogP) is 2.83. The maximum absolute atomic E-state index is 13.3. The van der Waals surface area contributed by atoms with E-state index in [1.807, 2.05) is 13.8 Å². The molecule has 3 N–H and O–H groups in total. The van der Waals surface area contributed by atoms with E-state index in [0.29, 0.717) is 17.1 Å². The molecule has 1 aliphatic rings. The van der Waals surface area contributed by atoms with Crippen LogP contribution in [-0.4, -0.2) is 26.7 Å². The van der Waals surface area contributed by atoms with Crippen LogP contribution in [0.5, 0.6) is 0 Å². The van der Waals surface area contributed by atoms with Crippen LogP contribution >= 0.6 is 23.1 Å². The van der Waals surface area contributed by atoms with Crippen molar-refractivity contribution in [2.75, 3.05) is 0 Å². The number of nitrogens with one attached hydrogen (secondary N) is 1. The smallest absolute Gasteiger partial charge is 0.318 e. The third kappa shape index (κ3) is 4.00. The van der Waals surface area contributed by atoms with E-state index < -0.39 is 17.2 Å². The highest BCUT2D eigenvalue weighted by Crippen LogP contribution is 2.35. The summed E-state index contributed by atoms with van der Waals surface area (Å²) in [6.07, 6.45) is 5.74. The van der Waals surface area contributed by atoms with Gasteiger partial charge in [-0.15, -0.1) is 17.9 Å². The summed E-state index contributed by atoms with van der Waals surface area (Å²) in [6, 6.07) is -0.894. The third-order valence-corrected chi connectivity index (χ3v) is 7.41. The molecule has 3 amide bonds. The van der Waals surface area contributed by atoms with Crippen LogP contribution in [0.15, 0.2) is 22.6 Å². The van der Waals surface area contributed by atoms with Crippen molar-refractivity contribution < 1.29 is 9.59 Å². The quantitative estimate of drug-likeness (QED) is 0.424. The lowest BCUT2D eigenvalue weighted by Crippen LogP contribution is -2.42. The first-order valence-electron chi connectivity index (χ1n) is 9.26. The molecule has 2 aromatic heterocycles. The molecule has 0 saturated carbocycles.